The van der Waals surface area contributed by atoms with E-state index in [0.29, 0.717) is 13.2 Å². The smallest absolute Gasteiger partial charge is 0.250 e. The Labute approximate surface area is 140 Å². The van der Waals surface area contributed by atoms with Crippen molar-refractivity contribution in [2.75, 3.05) is 13.2 Å². The summed E-state index contributed by atoms with van der Waals surface area (Å²) >= 11 is 0. The highest BCUT2D eigenvalue weighted by Crippen LogP contribution is 2.34. The Kier molecular flexibility index (Phi) is 4.22. The van der Waals surface area contributed by atoms with E-state index in [1.54, 1.807) is 0 Å². The summed E-state index contributed by atoms with van der Waals surface area (Å²) in [5, 5.41) is 0. The molecule has 2 fully saturated rings. The van der Waals surface area contributed by atoms with Gasteiger partial charge in [-0.1, -0.05) is 12.2 Å². The van der Waals surface area contributed by atoms with E-state index in [1.165, 1.54) is 18.3 Å². The van der Waals surface area contributed by atoms with E-state index in [9.17, 15) is 9.18 Å². The summed E-state index contributed by atoms with van der Waals surface area (Å²) in [6.07, 6.45) is 8.47. The number of likely N-dealkylation sites (tertiary alicyclic amines) is 1. The number of rotatable bonds is 3. The number of amides is 1. The summed E-state index contributed by atoms with van der Waals surface area (Å²) in [5.74, 6) is -0.326. The molecule has 0 aromatic carbocycles. The fourth-order valence-corrected chi connectivity index (χ4v) is 3.92. The molecule has 0 radical (unpaired) electrons. The van der Waals surface area contributed by atoms with Gasteiger partial charge in [0.05, 0.1) is 12.6 Å². The van der Waals surface area contributed by atoms with Gasteiger partial charge in [-0.25, -0.2) is 9.37 Å². The fourth-order valence-electron chi connectivity index (χ4n) is 3.92. The van der Waals surface area contributed by atoms with Crippen LogP contribution in [-0.2, 0) is 9.53 Å². The van der Waals surface area contributed by atoms with Crippen LogP contribution >= 0.6 is 0 Å². The van der Waals surface area contributed by atoms with Gasteiger partial charge in [0.1, 0.15) is 12.2 Å². The van der Waals surface area contributed by atoms with E-state index in [-0.39, 0.29) is 36.0 Å². The van der Waals surface area contributed by atoms with E-state index in [4.69, 9.17) is 9.47 Å². The van der Waals surface area contributed by atoms with Crippen LogP contribution in [0.3, 0.4) is 0 Å². The summed E-state index contributed by atoms with van der Waals surface area (Å²) < 4.78 is 25.5. The molecule has 24 heavy (non-hydrogen) atoms. The SMILES string of the molecule is O=C(C1CC=CC1)N1C[C@@H](Oc2ncccc2F)[C@H]2OCCC[C@H]21. The number of pyridine rings is 1. The quantitative estimate of drug-likeness (QED) is 0.797. The van der Waals surface area contributed by atoms with Crippen LogP contribution in [0.2, 0.25) is 0 Å². The molecular formula is C18H21FN2O3. The average molecular weight is 332 g/mol. The van der Waals surface area contributed by atoms with Crippen LogP contribution in [0.5, 0.6) is 5.88 Å². The minimum atomic E-state index is -0.491. The molecule has 5 nitrogen and oxygen atoms in total. The molecule has 3 atom stereocenters. The molecule has 6 heteroatoms. The first-order valence-corrected chi connectivity index (χ1v) is 8.58. The number of carbonyl (C=O) groups is 1. The molecule has 0 spiro atoms. The van der Waals surface area contributed by atoms with Crippen molar-refractivity contribution >= 4 is 5.91 Å². The van der Waals surface area contributed by atoms with Gasteiger partial charge >= 0.3 is 0 Å². The van der Waals surface area contributed by atoms with Gasteiger partial charge in [0.2, 0.25) is 5.91 Å². The number of allylic oxidation sites excluding steroid dienone is 2. The Morgan fingerprint density at radius 1 is 1.38 bits per heavy atom. The standard InChI is InChI=1S/C18H21FN2O3/c19-13-7-3-9-20-17(13)24-15-11-21(14-8-4-10-23-16(14)15)18(22)12-5-1-2-6-12/h1-3,7,9,12,14-16H,4-6,8,10-11H2/t14-,15-,16+/m1/s1. The second-order valence-corrected chi connectivity index (χ2v) is 6.62. The van der Waals surface area contributed by atoms with Crippen molar-refractivity contribution in [2.24, 2.45) is 5.92 Å². The summed E-state index contributed by atoms with van der Waals surface area (Å²) in [4.78, 5) is 18.7. The topological polar surface area (TPSA) is 51.7 Å². The lowest BCUT2D eigenvalue weighted by Crippen LogP contribution is -2.45. The molecule has 0 saturated carbocycles. The van der Waals surface area contributed by atoms with Crippen LogP contribution in [0.1, 0.15) is 25.7 Å². The number of hydrogen-bond acceptors (Lipinski definition) is 4. The number of hydrogen-bond donors (Lipinski definition) is 0. The van der Waals surface area contributed by atoms with Gasteiger partial charge < -0.3 is 14.4 Å². The van der Waals surface area contributed by atoms with Crippen molar-refractivity contribution in [3.05, 3.63) is 36.3 Å². The molecule has 1 aromatic heterocycles. The van der Waals surface area contributed by atoms with E-state index < -0.39 is 5.82 Å². The Morgan fingerprint density at radius 2 is 2.21 bits per heavy atom. The van der Waals surface area contributed by atoms with Crippen molar-refractivity contribution in [2.45, 2.75) is 43.9 Å². The van der Waals surface area contributed by atoms with Crippen LogP contribution in [0.4, 0.5) is 4.39 Å². The lowest BCUT2D eigenvalue weighted by Gasteiger charge is -2.33. The number of ether oxygens (including phenoxy) is 2. The predicted molar refractivity (Wildman–Crippen MR) is 85.0 cm³/mol. The molecule has 1 amide bonds. The molecule has 2 aliphatic heterocycles. The van der Waals surface area contributed by atoms with Crippen molar-refractivity contribution in [1.29, 1.82) is 0 Å². The van der Waals surface area contributed by atoms with E-state index >= 15 is 0 Å². The van der Waals surface area contributed by atoms with Gasteiger partial charge in [0, 0.05) is 18.7 Å². The van der Waals surface area contributed by atoms with Crippen LogP contribution in [0, 0.1) is 11.7 Å². The van der Waals surface area contributed by atoms with Gasteiger partial charge in [-0.15, -0.1) is 0 Å². The largest absolute Gasteiger partial charge is 0.468 e. The van der Waals surface area contributed by atoms with Crippen molar-refractivity contribution in [1.82, 2.24) is 9.88 Å². The Hall–Kier alpha value is -1.95. The maximum absolute atomic E-state index is 13.9. The minimum Gasteiger partial charge on any atom is -0.468 e. The van der Waals surface area contributed by atoms with Gasteiger partial charge in [-0.05, 0) is 37.8 Å². The fraction of sp³-hybridized carbons (Fsp3) is 0.556. The Bertz CT molecular complexity index is 643. The monoisotopic (exact) mass is 332 g/mol. The molecule has 3 aliphatic rings. The van der Waals surface area contributed by atoms with Crippen molar-refractivity contribution in [3.63, 3.8) is 0 Å². The molecule has 0 unspecified atom stereocenters. The third-order valence-corrected chi connectivity index (χ3v) is 5.11. The van der Waals surface area contributed by atoms with E-state index in [2.05, 4.69) is 17.1 Å². The van der Waals surface area contributed by atoms with Crippen molar-refractivity contribution < 1.29 is 18.7 Å². The zero-order valence-electron chi connectivity index (χ0n) is 13.4. The van der Waals surface area contributed by atoms with Gasteiger partial charge in [0.15, 0.2) is 5.82 Å². The first-order valence-electron chi connectivity index (χ1n) is 8.58. The number of nitrogens with zero attached hydrogens (tertiary/aromatic N) is 2. The molecule has 2 saturated heterocycles. The molecule has 0 N–H and O–H groups in total. The maximum atomic E-state index is 13.9. The molecule has 1 aliphatic carbocycles. The second-order valence-electron chi connectivity index (χ2n) is 6.62. The summed E-state index contributed by atoms with van der Waals surface area (Å²) in [6, 6.07) is 2.87. The van der Waals surface area contributed by atoms with E-state index in [0.717, 1.165) is 25.7 Å². The van der Waals surface area contributed by atoms with Gasteiger partial charge in [-0.3, -0.25) is 4.79 Å². The zero-order chi connectivity index (χ0) is 16.5. The first-order chi connectivity index (χ1) is 11.7. The average Bonchev–Trinajstić information content (AvgIpc) is 3.25. The summed E-state index contributed by atoms with van der Waals surface area (Å²) in [6.45, 7) is 1.08. The molecule has 1 aromatic rings. The highest BCUT2D eigenvalue weighted by Gasteiger charge is 2.48. The zero-order valence-corrected chi connectivity index (χ0v) is 13.4. The van der Waals surface area contributed by atoms with Gasteiger partial charge in [0.25, 0.3) is 5.88 Å². The lowest BCUT2D eigenvalue weighted by molar-refractivity contribution is -0.138. The molecule has 4 rings (SSSR count). The van der Waals surface area contributed by atoms with E-state index in [1.807, 2.05) is 4.90 Å². The van der Waals surface area contributed by atoms with Gasteiger partial charge in [-0.2, -0.15) is 0 Å². The highest BCUT2D eigenvalue weighted by molar-refractivity contribution is 5.80. The first kappa shape index (κ1) is 15.6. The van der Waals surface area contributed by atoms with Crippen LogP contribution < -0.4 is 4.74 Å². The molecule has 3 heterocycles. The number of halogens is 1. The molecule has 0 bridgehead atoms. The number of fused-ring (bicyclic) bond motifs is 1. The molecular weight excluding hydrogens is 311 g/mol. The normalized spacial score (nSPS) is 29.7. The maximum Gasteiger partial charge on any atom is 0.250 e. The van der Waals surface area contributed by atoms with Crippen LogP contribution in [-0.4, -0.2) is 47.2 Å². The van der Waals surface area contributed by atoms with Crippen molar-refractivity contribution in [3.8, 4) is 5.88 Å². The Balaban J connectivity index is 1.53. The van der Waals surface area contributed by atoms with Crippen LogP contribution in [0.15, 0.2) is 30.5 Å². The molecule has 128 valence electrons. The minimum absolute atomic E-state index is 0.0172. The number of aromatic nitrogens is 1. The second kappa shape index (κ2) is 6.51. The summed E-state index contributed by atoms with van der Waals surface area (Å²) in [5.41, 5.74) is 0. The lowest BCUT2D eigenvalue weighted by atomic mass is 10.0. The predicted octanol–water partition coefficient (Wildman–Crippen LogP) is 2.32. The summed E-state index contributed by atoms with van der Waals surface area (Å²) in [7, 11) is 0. The van der Waals surface area contributed by atoms with Crippen LogP contribution in [0.25, 0.3) is 0 Å². The number of carbonyl (C=O) groups excluding carboxylic acids is 1. The third-order valence-electron chi connectivity index (χ3n) is 5.11. The third kappa shape index (κ3) is 2.79. The Morgan fingerprint density at radius 3 is 3.00 bits per heavy atom. The highest BCUT2D eigenvalue weighted by atomic mass is 19.1.